The molecule has 1 fully saturated rings. The maximum Gasteiger partial charge on any atom is 0.284 e. The van der Waals surface area contributed by atoms with E-state index in [1.165, 1.54) is 24.6 Å². The third kappa shape index (κ3) is 3.52. The number of likely N-dealkylation sites (tertiary alicyclic amines) is 1. The second-order valence-corrected chi connectivity index (χ2v) is 6.64. The van der Waals surface area contributed by atoms with Crippen LogP contribution >= 0.6 is 11.8 Å². The molecule has 0 spiro atoms. The van der Waals surface area contributed by atoms with E-state index in [0.717, 1.165) is 25.9 Å². The molecule has 1 amide bonds. The van der Waals surface area contributed by atoms with Crippen molar-refractivity contribution >= 4 is 17.7 Å². The van der Waals surface area contributed by atoms with Crippen molar-refractivity contribution in [2.24, 2.45) is 0 Å². The Balaban J connectivity index is 1.61. The lowest BCUT2D eigenvalue weighted by atomic mass is 10.2. The van der Waals surface area contributed by atoms with Gasteiger partial charge in [0.15, 0.2) is 5.76 Å². The van der Waals surface area contributed by atoms with Gasteiger partial charge in [0.2, 0.25) is 5.91 Å². The Morgan fingerprint density at radius 2 is 2.05 bits per heavy atom. The van der Waals surface area contributed by atoms with Crippen molar-refractivity contribution in [3.63, 3.8) is 0 Å². The lowest BCUT2D eigenvalue weighted by Crippen LogP contribution is -2.37. The van der Waals surface area contributed by atoms with Crippen molar-refractivity contribution in [1.29, 1.82) is 0 Å². The van der Waals surface area contributed by atoms with Crippen molar-refractivity contribution in [2.75, 3.05) is 13.1 Å². The molecule has 6 nitrogen and oxygen atoms in total. The maximum atomic E-state index is 12.5. The Morgan fingerprint density at radius 1 is 1.27 bits per heavy atom. The molecule has 7 heteroatoms. The molecule has 0 N–H and O–H groups in total. The van der Waals surface area contributed by atoms with Crippen LogP contribution in [0.1, 0.15) is 32.6 Å². The quantitative estimate of drug-likeness (QED) is 0.805. The molecule has 22 heavy (non-hydrogen) atoms. The third-order valence-electron chi connectivity index (χ3n) is 3.68. The summed E-state index contributed by atoms with van der Waals surface area (Å²) in [6.07, 6.45) is 6.15. The summed E-state index contributed by atoms with van der Waals surface area (Å²) in [6.45, 7) is 3.59. The van der Waals surface area contributed by atoms with Gasteiger partial charge in [0.1, 0.15) is 0 Å². The predicted molar refractivity (Wildman–Crippen MR) is 82.4 cm³/mol. The molecule has 3 rings (SSSR count). The number of hydrogen-bond donors (Lipinski definition) is 0. The molecule has 2 aromatic heterocycles. The standard InChI is InChI=1S/C15H19N3O3S/c1-11(14(19)18-8-4-2-3-5-9-18)22-15-17-16-13(21-15)12-7-6-10-20-12/h6-7,10-11H,2-5,8-9H2,1H3. The summed E-state index contributed by atoms with van der Waals surface area (Å²) in [5.74, 6) is 1.01. The van der Waals surface area contributed by atoms with E-state index in [4.69, 9.17) is 8.83 Å². The number of aromatic nitrogens is 2. The van der Waals surface area contributed by atoms with Gasteiger partial charge in [-0.15, -0.1) is 10.2 Å². The molecule has 0 bridgehead atoms. The highest BCUT2D eigenvalue weighted by molar-refractivity contribution is 8.00. The van der Waals surface area contributed by atoms with Crippen LogP contribution in [-0.2, 0) is 4.79 Å². The molecule has 1 aliphatic heterocycles. The first-order chi connectivity index (χ1) is 10.7. The summed E-state index contributed by atoms with van der Waals surface area (Å²) in [7, 11) is 0. The van der Waals surface area contributed by atoms with Crippen molar-refractivity contribution < 1.29 is 13.6 Å². The second-order valence-electron chi connectivity index (χ2n) is 5.35. The lowest BCUT2D eigenvalue weighted by Gasteiger charge is -2.23. The van der Waals surface area contributed by atoms with Crippen molar-refractivity contribution in [3.8, 4) is 11.7 Å². The zero-order valence-corrected chi connectivity index (χ0v) is 13.3. The highest BCUT2D eigenvalue weighted by atomic mass is 32.2. The topological polar surface area (TPSA) is 72.4 Å². The van der Waals surface area contributed by atoms with Crippen LogP contribution in [0, 0.1) is 0 Å². The van der Waals surface area contributed by atoms with E-state index >= 15 is 0 Å². The maximum absolute atomic E-state index is 12.5. The summed E-state index contributed by atoms with van der Waals surface area (Å²) in [5.41, 5.74) is 0. The van der Waals surface area contributed by atoms with Crippen LogP contribution in [0.4, 0.5) is 0 Å². The van der Waals surface area contributed by atoms with Crippen LogP contribution < -0.4 is 0 Å². The van der Waals surface area contributed by atoms with Crippen LogP contribution in [0.15, 0.2) is 32.5 Å². The Morgan fingerprint density at radius 3 is 2.73 bits per heavy atom. The fraction of sp³-hybridized carbons (Fsp3) is 0.533. The first-order valence-electron chi connectivity index (χ1n) is 7.57. The van der Waals surface area contributed by atoms with Crippen LogP contribution in [0.5, 0.6) is 0 Å². The van der Waals surface area contributed by atoms with Crippen molar-refractivity contribution in [2.45, 2.75) is 43.1 Å². The van der Waals surface area contributed by atoms with Gasteiger partial charge in [0, 0.05) is 13.1 Å². The van der Waals surface area contributed by atoms with Crippen molar-refractivity contribution in [1.82, 2.24) is 15.1 Å². The van der Waals surface area contributed by atoms with E-state index < -0.39 is 0 Å². The SMILES string of the molecule is CC(Sc1nnc(-c2ccco2)o1)C(=O)N1CCCCCC1. The van der Waals surface area contributed by atoms with E-state index in [-0.39, 0.29) is 11.2 Å². The van der Waals surface area contributed by atoms with E-state index in [1.807, 2.05) is 11.8 Å². The zero-order valence-electron chi connectivity index (χ0n) is 12.5. The minimum absolute atomic E-state index is 0.143. The number of nitrogens with zero attached hydrogens (tertiary/aromatic N) is 3. The molecule has 2 aromatic rings. The molecule has 0 aliphatic carbocycles. The van der Waals surface area contributed by atoms with Crippen LogP contribution in [0.25, 0.3) is 11.7 Å². The van der Waals surface area contributed by atoms with Gasteiger partial charge in [-0.3, -0.25) is 4.79 Å². The molecule has 1 aliphatic rings. The molecule has 0 aromatic carbocycles. The Bertz CT molecular complexity index is 603. The van der Waals surface area contributed by atoms with E-state index in [1.54, 1.807) is 18.4 Å². The number of amides is 1. The van der Waals surface area contributed by atoms with Crippen molar-refractivity contribution in [3.05, 3.63) is 18.4 Å². The predicted octanol–water partition coefficient (Wildman–Crippen LogP) is 3.21. The molecule has 1 unspecified atom stereocenters. The van der Waals surface area contributed by atoms with Crippen LogP contribution in [-0.4, -0.2) is 39.3 Å². The van der Waals surface area contributed by atoms with E-state index in [9.17, 15) is 4.79 Å². The Hall–Kier alpha value is -1.76. The second kappa shape index (κ2) is 7.00. The number of thioether (sulfide) groups is 1. The molecule has 1 atom stereocenters. The average molecular weight is 321 g/mol. The monoisotopic (exact) mass is 321 g/mol. The van der Waals surface area contributed by atoms with E-state index in [0.29, 0.717) is 16.9 Å². The smallest absolute Gasteiger partial charge is 0.284 e. The highest BCUT2D eigenvalue weighted by Gasteiger charge is 2.24. The van der Waals surface area contributed by atoms with Gasteiger partial charge in [-0.1, -0.05) is 24.6 Å². The number of rotatable bonds is 4. The lowest BCUT2D eigenvalue weighted by molar-refractivity contribution is -0.130. The molecule has 3 heterocycles. The van der Waals surface area contributed by atoms with Gasteiger partial charge in [-0.25, -0.2) is 0 Å². The number of hydrogen-bond acceptors (Lipinski definition) is 6. The molecule has 0 saturated carbocycles. The van der Waals surface area contributed by atoms with Gasteiger partial charge in [-0.05, 0) is 31.9 Å². The zero-order chi connectivity index (χ0) is 15.4. The Kier molecular flexibility index (Phi) is 4.82. The van der Waals surface area contributed by atoms with Gasteiger partial charge >= 0.3 is 0 Å². The molecule has 118 valence electrons. The molecule has 1 saturated heterocycles. The summed E-state index contributed by atoms with van der Waals surface area (Å²) in [6, 6.07) is 3.52. The minimum Gasteiger partial charge on any atom is -0.459 e. The van der Waals surface area contributed by atoms with Gasteiger partial charge in [0.05, 0.1) is 11.5 Å². The van der Waals surface area contributed by atoms with Gasteiger partial charge < -0.3 is 13.7 Å². The number of furan rings is 1. The number of carbonyl (C=O) groups excluding carboxylic acids is 1. The summed E-state index contributed by atoms with van der Waals surface area (Å²) in [4.78, 5) is 14.4. The van der Waals surface area contributed by atoms with Crippen LogP contribution in [0.3, 0.4) is 0 Å². The molecule has 0 radical (unpaired) electrons. The fourth-order valence-electron chi connectivity index (χ4n) is 2.51. The summed E-state index contributed by atoms with van der Waals surface area (Å²) in [5, 5.41) is 8.07. The first kappa shape index (κ1) is 15.1. The number of carbonyl (C=O) groups is 1. The van der Waals surface area contributed by atoms with Gasteiger partial charge in [0.25, 0.3) is 11.1 Å². The summed E-state index contributed by atoms with van der Waals surface area (Å²) >= 11 is 1.30. The molecular formula is C15H19N3O3S. The normalized spacial score (nSPS) is 17.2. The first-order valence-corrected chi connectivity index (χ1v) is 8.45. The third-order valence-corrected chi connectivity index (χ3v) is 4.60. The Labute approximate surface area is 133 Å². The van der Waals surface area contributed by atoms with Gasteiger partial charge in [-0.2, -0.15) is 0 Å². The van der Waals surface area contributed by atoms with Crippen LogP contribution in [0.2, 0.25) is 0 Å². The highest BCUT2D eigenvalue weighted by Crippen LogP contribution is 2.27. The largest absolute Gasteiger partial charge is 0.459 e. The summed E-state index contributed by atoms with van der Waals surface area (Å²) < 4.78 is 10.8. The average Bonchev–Trinajstić information content (AvgIpc) is 3.13. The molecular weight excluding hydrogens is 302 g/mol. The van der Waals surface area contributed by atoms with E-state index in [2.05, 4.69) is 10.2 Å². The fourth-order valence-corrected chi connectivity index (χ4v) is 3.27. The minimum atomic E-state index is -0.233.